The number of ether oxygens (including phenoxy) is 1. The Labute approximate surface area is 131 Å². The zero-order chi connectivity index (χ0) is 15.7. The summed E-state index contributed by atoms with van der Waals surface area (Å²) in [7, 11) is -2.82. The molecule has 1 aliphatic carbocycles. The summed E-state index contributed by atoms with van der Waals surface area (Å²) in [5.41, 5.74) is 2.15. The molecule has 22 heavy (non-hydrogen) atoms. The van der Waals surface area contributed by atoms with E-state index in [2.05, 4.69) is 4.90 Å². The van der Waals surface area contributed by atoms with Crippen molar-refractivity contribution in [3.63, 3.8) is 0 Å². The minimum Gasteiger partial charge on any atom is -0.496 e. The molecule has 0 saturated carbocycles. The summed E-state index contributed by atoms with van der Waals surface area (Å²) in [6.45, 7) is 1.82. The first kappa shape index (κ1) is 15.7. The van der Waals surface area contributed by atoms with Crippen molar-refractivity contribution >= 4 is 10.4 Å². The van der Waals surface area contributed by atoms with Gasteiger partial charge in [0.1, 0.15) is 5.75 Å². The molecule has 2 aliphatic rings. The molecule has 0 spiro atoms. The molecular formula is C15H21NO5S. The highest BCUT2D eigenvalue weighted by molar-refractivity contribution is 7.80. The standard InChI is InChI=1S/C15H21NO5S/c1-20-13-6-4-5-12-11(13)7-8-14(21-22(17,18)19)15(12)16-9-2-3-10-16/h4-6,14-15H,2-3,7-10H2,1H3,(H,17,18,19)/t14-,15-/m1/s1. The summed E-state index contributed by atoms with van der Waals surface area (Å²) in [5, 5.41) is 0. The second kappa shape index (κ2) is 6.16. The number of hydrogen-bond donors (Lipinski definition) is 1. The van der Waals surface area contributed by atoms with Gasteiger partial charge in [0.2, 0.25) is 0 Å². The Morgan fingerprint density at radius 2 is 2.00 bits per heavy atom. The van der Waals surface area contributed by atoms with Crippen molar-refractivity contribution in [3.05, 3.63) is 29.3 Å². The van der Waals surface area contributed by atoms with E-state index in [1.54, 1.807) is 7.11 Å². The lowest BCUT2D eigenvalue weighted by Gasteiger charge is -2.38. The molecular weight excluding hydrogens is 306 g/mol. The van der Waals surface area contributed by atoms with Gasteiger partial charge in [-0.3, -0.25) is 9.45 Å². The Morgan fingerprint density at radius 3 is 2.64 bits per heavy atom. The summed E-state index contributed by atoms with van der Waals surface area (Å²) in [4.78, 5) is 2.24. The molecule has 3 rings (SSSR count). The molecule has 1 aromatic rings. The van der Waals surface area contributed by atoms with Crippen LogP contribution in [-0.4, -0.2) is 44.2 Å². The maximum atomic E-state index is 11.2. The smallest absolute Gasteiger partial charge is 0.397 e. The van der Waals surface area contributed by atoms with Crippen molar-refractivity contribution in [3.8, 4) is 5.75 Å². The average Bonchev–Trinajstić information content (AvgIpc) is 2.98. The first-order valence-corrected chi connectivity index (χ1v) is 8.91. The van der Waals surface area contributed by atoms with Gasteiger partial charge in [0.05, 0.1) is 19.3 Å². The minimum atomic E-state index is -4.46. The van der Waals surface area contributed by atoms with Crippen molar-refractivity contribution < 1.29 is 21.9 Å². The highest BCUT2D eigenvalue weighted by atomic mass is 32.3. The van der Waals surface area contributed by atoms with Crippen LogP contribution in [0.15, 0.2) is 18.2 Å². The molecule has 0 aromatic heterocycles. The Morgan fingerprint density at radius 1 is 1.27 bits per heavy atom. The van der Waals surface area contributed by atoms with Gasteiger partial charge in [-0.25, -0.2) is 4.18 Å². The highest BCUT2D eigenvalue weighted by Crippen LogP contribution is 2.41. The summed E-state index contributed by atoms with van der Waals surface area (Å²) < 4.78 is 41.9. The Balaban J connectivity index is 2.00. The first-order chi connectivity index (χ1) is 10.5. The average molecular weight is 327 g/mol. The molecule has 1 fully saturated rings. The van der Waals surface area contributed by atoms with Gasteiger partial charge >= 0.3 is 10.4 Å². The number of fused-ring (bicyclic) bond motifs is 1. The largest absolute Gasteiger partial charge is 0.496 e. The maximum Gasteiger partial charge on any atom is 0.397 e. The van der Waals surface area contributed by atoms with Crippen LogP contribution in [0.3, 0.4) is 0 Å². The van der Waals surface area contributed by atoms with Crippen LogP contribution in [0.2, 0.25) is 0 Å². The second-order valence-corrected chi connectivity index (χ2v) is 6.86. The molecule has 122 valence electrons. The van der Waals surface area contributed by atoms with E-state index in [0.29, 0.717) is 12.8 Å². The topological polar surface area (TPSA) is 76.1 Å². The van der Waals surface area contributed by atoms with E-state index in [1.807, 2.05) is 18.2 Å². The zero-order valence-electron chi connectivity index (χ0n) is 12.6. The number of rotatable bonds is 4. The molecule has 0 unspecified atom stereocenters. The normalized spacial score (nSPS) is 25.9. The second-order valence-electron chi connectivity index (χ2n) is 5.82. The van der Waals surface area contributed by atoms with Crippen LogP contribution in [0.1, 0.15) is 36.4 Å². The van der Waals surface area contributed by atoms with Crippen LogP contribution in [0.5, 0.6) is 5.75 Å². The zero-order valence-corrected chi connectivity index (χ0v) is 13.4. The van der Waals surface area contributed by atoms with Crippen LogP contribution in [0, 0.1) is 0 Å². The van der Waals surface area contributed by atoms with Gasteiger partial charge in [-0.2, -0.15) is 8.42 Å². The van der Waals surface area contributed by atoms with Gasteiger partial charge < -0.3 is 4.74 Å². The summed E-state index contributed by atoms with van der Waals surface area (Å²) >= 11 is 0. The van der Waals surface area contributed by atoms with E-state index in [9.17, 15) is 8.42 Å². The molecule has 6 nitrogen and oxygen atoms in total. The third-order valence-electron chi connectivity index (χ3n) is 4.52. The predicted octanol–water partition coefficient (Wildman–Crippen LogP) is 1.97. The van der Waals surface area contributed by atoms with Crippen LogP contribution < -0.4 is 4.74 Å². The van der Waals surface area contributed by atoms with Gasteiger partial charge in [0.25, 0.3) is 0 Å². The van der Waals surface area contributed by atoms with Crippen LogP contribution >= 0.6 is 0 Å². The first-order valence-electron chi connectivity index (χ1n) is 7.55. The van der Waals surface area contributed by atoms with Crippen molar-refractivity contribution in [2.24, 2.45) is 0 Å². The number of nitrogens with zero attached hydrogens (tertiary/aromatic N) is 1. The minimum absolute atomic E-state index is 0.164. The van der Waals surface area contributed by atoms with E-state index in [0.717, 1.165) is 42.8 Å². The van der Waals surface area contributed by atoms with Crippen molar-refractivity contribution in [2.75, 3.05) is 20.2 Å². The van der Waals surface area contributed by atoms with Gasteiger partial charge in [-0.15, -0.1) is 0 Å². The fraction of sp³-hybridized carbons (Fsp3) is 0.600. The molecule has 7 heteroatoms. The van der Waals surface area contributed by atoms with Gasteiger partial charge in [-0.1, -0.05) is 12.1 Å². The highest BCUT2D eigenvalue weighted by Gasteiger charge is 2.39. The third-order valence-corrected chi connectivity index (χ3v) is 5.01. The number of benzene rings is 1. The molecule has 1 N–H and O–H groups in total. The fourth-order valence-corrected chi connectivity index (χ4v) is 4.19. The number of likely N-dealkylation sites (tertiary alicyclic amines) is 1. The molecule has 0 bridgehead atoms. The van der Waals surface area contributed by atoms with Crippen LogP contribution in [-0.2, 0) is 21.0 Å². The van der Waals surface area contributed by atoms with Crippen LogP contribution in [0.4, 0.5) is 0 Å². The van der Waals surface area contributed by atoms with Gasteiger partial charge in [0.15, 0.2) is 0 Å². The van der Waals surface area contributed by atoms with Crippen LogP contribution in [0.25, 0.3) is 0 Å². The Kier molecular flexibility index (Phi) is 4.40. The van der Waals surface area contributed by atoms with Gasteiger partial charge in [0, 0.05) is 0 Å². The molecule has 2 atom stereocenters. The molecule has 1 aliphatic heterocycles. The Bertz CT molecular complexity index is 639. The van der Waals surface area contributed by atoms with Crippen molar-refractivity contribution in [1.82, 2.24) is 4.90 Å². The lowest BCUT2D eigenvalue weighted by molar-refractivity contribution is 0.0616. The molecule has 0 amide bonds. The fourth-order valence-electron chi connectivity index (χ4n) is 3.67. The monoisotopic (exact) mass is 327 g/mol. The van der Waals surface area contributed by atoms with E-state index in [1.165, 1.54) is 0 Å². The number of methoxy groups -OCH3 is 1. The predicted molar refractivity (Wildman–Crippen MR) is 81.3 cm³/mol. The summed E-state index contributed by atoms with van der Waals surface area (Å²) in [6, 6.07) is 5.67. The summed E-state index contributed by atoms with van der Waals surface area (Å²) in [5.74, 6) is 0.826. The third kappa shape index (κ3) is 3.12. The van der Waals surface area contributed by atoms with Crippen molar-refractivity contribution in [2.45, 2.75) is 37.8 Å². The molecule has 0 radical (unpaired) electrons. The van der Waals surface area contributed by atoms with E-state index < -0.39 is 16.5 Å². The van der Waals surface area contributed by atoms with Crippen molar-refractivity contribution in [1.29, 1.82) is 0 Å². The SMILES string of the molecule is COc1cccc2c1CC[C@@H](OS(=O)(=O)O)[C@@H]2N1CCCC1. The van der Waals surface area contributed by atoms with E-state index in [4.69, 9.17) is 13.5 Å². The Hall–Kier alpha value is -1.15. The molecule has 1 aromatic carbocycles. The van der Waals surface area contributed by atoms with Gasteiger partial charge in [-0.05, 0) is 56.0 Å². The molecule has 1 heterocycles. The quantitative estimate of drug-likeness (QED) is 0.852. The van der Waals surface area contributed by atoms with E-state index in [-0.39, 0.29) is 6.04 Å². The number of hydrogen-bond acceptors (Lipinski definition) is 5. The maximum absolute atomic E-state index is 11.2. The molecule has 1 saturated heterocycles. The van der Waals surface area contributed by atoms with E-state index >= 15 is 0 Å². The lowest BCUT2D eigenvalue weighted by atomic mass is 9.84. The lowest BCUT2D eigenvalue weighted by Crippen LogP contribution is -2.40. The summed E-state index contributed by atoms with van der Waals surface area (Å²) in [6.07, 6.45) is 2.83.